The maximum atomic E-state index is 2.28. The molecule has 0 aliphatic heterocycles. The molecule has 0 N–H and O–H groups in total. The van der Waals surface area contributed by atoms with Gasteiger partial charge in [0.05, 0.1) is 0 Å². The molecule has 2 aliphatic carbocycles. The first-order valence-corrected chi connectivity index (χ1v) is 8.38. The molecule has 4 aromatic rings. The largest absolute Gasteiger partial charge is 0.0610 e. The smallest absolute Gasteiger partial charge is 0.00326 e. The van der Waals surface area contributed by atoms with Gasteiger partial charge in [-0.15, -0.1) is 0 Å². The molecule has 24 heavy (non-hydrogen) atoms. The van der Waals surface area contributed by atoms with Crippen molar-refractivity contribution in [2.45, 2.75) is 0 Å². The maximum absolute atomic E-state index is 2.28. The van der Waals surface area contributed by atoms with Crippen molar-refractivity contribution in [3.05, 3.63) is 82.9 Å². The summed E-state index contributed by atoms with van der Waals surface area (Å²) >= 11 is 0. The SMILES string of the molecule is C1=Cc2ccc(-c3ccc4c5c(cccc35)C=C4)c3cccc1c23. The fourth-order valence-electron chi connectivity index (χ4n) is 4.31. The van der Waals surface area contributed by atoms with Crippen LogP contribution < -0.4 is 0 Å². The van der Waals surface area contributed by atoms with Gasteiger partial charge in [-0.25, -0.2) is 0 Å². The number of rotatable bonds is 1. The summed E-state index contributed by atoms with van der Waals surface area (Å²) in [6, 6.07) is 22.3. The molecular formula is C24H14. The van der Waals surface area contributed by atoms with Gasteiger partial charge < -0.3 is 0 Å². The van der Waals surface area contributed by atoms with Gasteiger partial charge in [0.2, 0.25) is 0 Å². The van der Waals surface area contributed by atoms with Crippen LogP contribution in [0.15, 0.2) is 60.7 Å². The highest BCUT2D eigenvalue weighted by molar-refractivity contribution is 6.15. The number of benzene rings is 4. The van der Waals surface area contributed by atoms with Crippen LogP contribution in [0.4, 0.5) is 0 Å². The molecule has 0 unspecified atom stereocenters. The van der Waals surface area contributed by atoms with Gasteiger partial charge >= 0.3 is 0 Å². The average Bonchev–Trinajstić information content (AvgIpc) is 3.24. The third-order valence-corrected chi connectivity index (χ3v) is 5.39. The first-order chi connectivity index (χ1) is 11.9. The Hall–Kier alpha value is -3.12. The van der Waals surface area contributed by atoms with Crippen molar-refractivity contribution >= 4 is 45.8 Å². The van der Waals surface area contributed by atoms with Crippen LogP contribution >= 0.6 is 0 Å². The van der Waals surface area contributed by atoms with E-state index in [1.54, 1.807) is 0 Å². The van der Waals surface area contributed by atoms with Gasteiger partial charge in [0.1, 0.15) is 0 Å². The highest BCUT2D eigenvalue weighted by atomic mass is 14.2. The molecule has 0 fully saturated rings. The molecule has 0 saturated carbocycles. The average molecular weight is 302 g/mol. The van der Waals surface area contributed by atoms with E-state index in [1.807, 2.05) is 0 Å². The summed E-state index contributed by atoms with van der Waals surface area (Å²) in [5, 5.41) is 5.47. The molecule has 0 aromatic heterocycles. The van der Waals surface area contributed by atoms with Crippen LogP contribution in [0, 0.1) is 0 Å². The normalized spacial score (nSPS) is 13.5. The molecule has 6 rings (SSSR count). The van der Waals surface area contributed by atoms with E-state index in [4.69, 9.17) is 0 Å². The summed E-state index contributed by atoms with van der Waals surface area (Å²) in [5.74, 6) is 0. The van der Waals surface area contributed by atoms with E-state index in [0.717, 1.165) is 0 Å². The standard InChI is InChI=1S/C24H14/c1-3-15-7-9-17-11-13-19(21(5-1)23(15)17)20-14-12-18-10-8-16-4-2-6-22(20)24(16)18/h1-14H. The van der Waals surface area contributed by atoms with E-state index in [0.29, 0.717) is 0 Å². The first-order valence-electron chi connectivity index (χ1n) is 8.38. The van der Waals surface area contributed by atoms with Gasteiger partial charge in [-0.1, -0.05) is 85.0 Å². The Labute approximate surface area is 140 Å². The Morgan fingerprint density at radius 2 is 0.792 bits per heavy atom. The van der Waals surface area contributed by atoms with E-state index >= 15 is 0 Å². The molecule has 0 nitrogen and oxygen atoms in total. The summed E-state index contributed by atoms with van der Waals surface area (Å²) in [5.41, 5.74) is 7.98. The molecule has 4 aromatic carbocycles. The molecule has 0 atom stereocenters. The van der Waals surface area contributed by atoms with E-state index in [1.165, 1.54) is 54.9 Å². The van der Waals surface area contributed by atoms with Crippen molar-refractivity contribution in [2.75, 3.05) is 0 Å². The lowest BCUT2D eigenvalue weighted by Gasteiger charge is -2.13. The third-order valence-electron chi connectivity index (χ3n) is 5.39. The van der Waals surface area contributed by atoms with Crippen molar-refractivity contribution < 1.29 is 0 Å². The van der Waals surface area contributed by atoms with Crippen molar-refractivity contribution in [1.82, 2.24) is 0 Å². The van der Waals surface area contributed by atoms with Gasteiger partial charge in [-0.3, -0.25) is 0 Å². The summed E-state index contributed by atoms with van der Waals surface area (Å²) < 4.78 is 0. The zero-order valence-corrected chi connectivity index (χ0v) is 13.1. The third kappa shape index (κ3) is 1.43. The number of hydrogen-bond donors (Lipinski definition) is 0. The van der Waals surface area contributed by atoms with Gasteiger partial charge in [-0.2, -0.15) is 0 Å². The van der Waals surface area contributed by atoms with Crippen LogP contribution in [0.25, 0.3) is 57.0 Å². The van der Waals surface area contributed by atoms with E-state index in [2.05, 4.69) is 85.0 Å². The zero-order valence-electron chi connectivity index (χ0n) is 13.1. The second kappa shape index (κ2) is 4.24. The van der Waals surface area contributed by atoms with Crippen LogP contribution in [0.1, 0.15) is 22.3 Å². The minimum absolute atomic E-state index is 1.33. The highest BCUT2D eigenvalue weighted by Crippen LogP contribution is 2.42. The van der Waals surface area contributed by atoms with Crippen LogP contribution in [0.3, 0.4) is 0 Å². The summed E-state index contributed by atoms with van der Waals surface area (Å²) in [6.07, 6.45) is 8.88. The van der Waals surface area contributed by atoms with E-state index < -0.39 is 0 Å². The lowest BCUT2D eigenvalue weighted by atomic mass is 9.90. The Morgan fingerprint density at radius 3 is 1.25 bits per heavy atom. The quantitative estimate of drug-likeness (QED) is 0.320. The van der Waals surface area contributed by atoms with Gasteiger partial charge in [0, 0.05) is 0 Å². The fraction of sp³-hybridized carbons (Fsp3) is 0. The monoisotopic (exact) mass is 302 g/mol. The van der Waals surface area contributed by atoms with Crippen LogP contribution in [0.2, 0.25) is 0 Å². The Bertz CT molecular complexity index is 1110. The van der Waals surface area contributed by atoms with Crippen molar-refractivity contribution in [3.8, 4) is 11.1 Å². The topological polar surface area (TPSA) is 0 Å². The minimum Gasteiger partial charge on any atom is -0.0610 e. The molecule has 0 heteroatoms. The molecule has 110 valence electrons. The fourth-order valence-corrected chi connectivity index (χ4v) is 4.31. The van der Waals surface area contributed by atoms with Crippen molar-refractivity contribution in [3.63, 3.8) is 0 Å². The molecule has 0 heterocycles. The molecule has 0 radical (unpaired) electrons. The molecule has 0 spiro atoms. The second-order valence-corrected chi connectivity index (χ2v) is 6.61. The molecule has 2 aliphatic rings. The van der Waals surface area contributed by atoms with E-state index in [9.17, 15) is 0 Å². The number of hydrogen-bond acceptors (Lipinski definition) is 0. The van der Waals surface area contributed by atoms with Crippen molar-refractivity contribution in [1.29, 1.82) is 0 Å². The summed E-state index contributed by atoms with van der Waals surface area (Å²) in [6.45, 7) is 0. The molecular weight excluding hydrogens is 288 g/mol. The van der Waals surface area contributed by atoms with Crippen LogP contribution in [-0.2, 0) is 0 Å². The molecule has 0 bridgehead atoms. The van der Waals surface area contributed by atoms with Crippen LogP contribution in [-0.4, -0.2) is 0 Å². The van der Waals surface area contributed by atoms with E-state index in [-0.39, 0.29) is 0 Å². The van der Waals surface area contributed by atoms with Gasteiger partial charge in [0.15, 0.2) is 0 Å². The maximum Gasteiger partial charge on any atom is -0.00326 e. The Kier molecular flexibility index (Phi) is 2.18. The lowest BCUT2D eigenvalue weighted by molar-refractivity contribution is 1.66. The second-order valence-electron chi connectivity index (χ2n) is 6.61. The summed E-state index contributed by atoms with van der Waals surface area (Å²) in [7, 11) is 0. The Morgan fingerprint density at radius 1 is 0.375 bits per heavy atom. The lowest BCUT2D eigenvalue weighted by Crippen LogP contribution is -1.88. The van der Waals surface area contributed by atoms with Crippen LogP contribution in [0.5, 0.6) is 0 Å². The summed E-state index contributed by atoms with van der Waals surface area (Å²) in [4.78, 5) is 0. The minimum atomic E-state index is 1.33. The highest BCUT2D eigenvalue weighted by Gasteiger charge is 2.16. The predicted octanol–water partition coefficient (Wildman–Crippen LogP) is 6.63. The van der Waals surface area contributed by atoms with Gasteiger partial charge in [-0.05, 0) is 54.9 Å². The predicted molar refractivity (Wildman–Crippen MR) is 105 cm³/mol. The molecule has 0 amide bonds. The molecule has 0 saturated heterocycles. The Balaban J connectivity index is 1.76. The zero-order chi connectivity index (χ0) is 15.7. The van der Waals surface area contributed by atoms with Gasteiger partial charge in [0.25, 0.3) is 0 Å². The van der Waals surface area contributed by atoms with Crippen molar-refractivity contribution in [2.24, 2.45) is 0 Å². The first kappa shape index (κ1) is 12.3.